The van der Waals surface area contributed by atoms with Gasteiger partial charge in [-0.05, 0) is 24.8 Å². The number of carbonyl (C=O) groups excluding carboxylic acids is 1. The lowest BCUT2D eigenvalue weighted by molar-refractivity contribution is -0.229. The molecule has 3 aliphatic rings. The molecular weight excluding hydrogens is 476 g/mol. The van der Waals surface area contributed by atoms with Crippen LogP contribution in [0.2, 0.25) is 0 Å². The van der Waals surface area contributed by atoms with Crippen LogP contribution in [0.1, 0.15) is 43.9 Å². The fourth-order valence-corrected chi connectivity index (χ4v) is 5.60. The van der Waals surface area contributed by atoms with E-state index in [0.717, 1.165) is 38.5 Å². The number of hydrogen-bond acceptors (Lipinski definition) is 9. The van der Waals surface area contributed by atoms with Crippen molar-refractivity contribution in [3.8, 4) is 0 Å². The summed E-state index contributed by atoms with van der Waals surface area (Å²) in [7, 11) is 0. The number of benzene rings is 1. The molecule has 2 aliphatic heterocycles. The van der Waals surface area contributed by atoms with Crippen molar-refractivity contribution in [2.45, 2.75) is 68.9 Å². The Morgan fingerprint density at radius 2 is 1.86 bits per heavy atom. The summed E-state index contributed by atoms with van der Waals surface area (Å²) < 4.78 is 21.0. The van der Waals surface area contributed by atoms with Crippen LogP contribution in [0.5, 0.6) is 0 Å². The molecular formula is C26H32N6O5. The Kier molecular flexibility index (Phi) is 6.76. The van der Waals surface area contributed by atoms with E-state index in [1.165, 1.54) is 11.9 Å². The maximum absolute atomic E-state index is 12.9. The first-order valence-corrected chi connectivity index (χ1v) is 13.0. The van der Waals surface area contributed by atoms with Gasteiger partial charge in [-0.1, -0.05) is 36.8 Å². The fourth-order valence-electron chi connectivity index (χ4n) is 5.60. The highest BCUT2D eigenvalue weighted by molar-refractivity contribution is 5.83. The van der Waals surface area contributed by atoms with Gasteiger partial charge in [0.05, 0.1) is 12.9 Å². The predicted octanol–water partition coefficient (Wildman–Crippen LogP) is 1.93. The first kappa shape index (κ1) is 24.2. The smallest absolute Gasteiger partial charge is 0.252 e. The van der Waals surface area contributed by atoms with Crippen LogP contribution in [-0.4, -0.2) is 74.3 Å². The molecule has 3 fully saturated rings. The second-order valence-electron chi connectivity index (χ2n) is 9.81. The van der Waals surface area contributed by atoms with Crippen molar-refractivity contribution in [1.82, 2.24) is 24.8 Å². The number of hydrogen-bond donors (Lipinski definition) is 3. The second-order valence-corrected chi connectivity index (χ2v) is 9.81. The van der Waals surface area contributed by atoms with Crippen LogP contribution in [0.3, 0.4) is 0 Å². The minimum absolute atomic E-state index is 0.145. The van der Waals surface area contributed by atoms with Gasteiger partial charge in [-0.2, -0.15) is 0 Å². The van der Waals surface area contributed by atoms with Crippen molar-refractivity contribution in [2.75, 3.05) is 25.0 Å². The van der Waals surface area contributed by atoms with Crippen molar-refractivity contribution in [3.63, 3.8) is 0 Å². The van der Waals surface area contributed by atoms with Gasteiger partial charge in [0, 0.05) is 25.9 Å². The maximum Gasteiger partial charge on any atom is 0.252 e. The van der Waals surface area contributed by atoms with Gasteiger partial charge in [0.15, 0.2) is 35.1 Å². The van der Waals surface area contributed by atoms with E-state index in [9.17, 15) is 9.90 Å². The quantitative estimate of drug-likeness (QED) is 0.417. The van der Waals surface area contributed by atoms with E-state index in [0.29, 0.717) is 23.5 Å². The van der Waals surface area contributed by atoms with Gasteiger partial charge in [0.2, 0.25) is 0 Å². The Hall–Kier alpha value is -3.12. The van der Waals surface area contributed by atoms with E-state index in [4.69, 9.17) is 14.2 Å². The molecule has 4 heterocycles. The van der Waals surface area contributed by atoms with Gasteiger partial charge < -0.3 is 30.0 Å². The molecule has 1 amide bonds. The largest absolute Gasteiger partial charge is 0.395 e. The van der Waals surface area contributed by atoms with Crippen LogP contribution in [-0.2, 0) is 25.4 Å². The maximum atomic E-state index is 12.9. The number of nitrogens with zero attached hydrogens (tertiary/aromatic N) is 4. The Morgan fingerprint density at radius 1 is 1.05 bits per heavy atom. The average Bonchev–Trinajstić information content (AvgIpc) is 3.60. The van der Waals surface area contributed by atoms with Crippen LogP contribution >= 0.6 is 0 Å². The van der Waals surface area contributed by atoms with Gasteiger partial charge in [-0.3, -0.25) is 9.36 Å². The molecule has 2 aromatic heterocycles. The summed E-state index contributed by atoms with van der Waals surface area (Å²) in [5.74, 6) is -0.384. The molecule has 0 unspecified atom stereocenters. The Labute approximate surface area is 214 Å². The Balaban J connectivity index is 1.25. The van der Waals surface area contributed by atoms with Gasteiger partial charge in [-0.15, -0.1) is 0 Å². The van der Waals surface area contributed by atoms with Crippen LogP contribution < -0.4 is 10.6 Å². The summed E-state index contributed by atoms with van der Waals surface area (Å²) in [5, 5.41) is 15.3. The summed E-state index contributed by atoms with van der Waals surface area (Å²) in [6, 6.07) is 10.2. The molecule has 1 aliphatic carbocycles. The number of carbonyl (C=O) groups is 1. The number of nitrogens with one attached hydrogen (secondary N) is 2. The minimum atomic E-state index is -0.870. The molecule has 11 heteroatoms. The summed E-state index contributed by atoms with van der Waals surface area (Å²) in [5.41, 5.74) is 2.44. The van der Waals surface area contributed by atoms with E-state index in [1.54, 1.807) is 6.33 Å². The van der Waals surface area contributed by atoms with Gasteiger partial charge in [-0.25, -0.2) is 15.0 Å². The van der Waals surface area contributed by atoms with E-state index < -0.39 is 30.3 Å². The zero-order valence-corrected chi connectivity index (χ0v) is 20.6. The predicted molar refractivity (Wildman–Crippen MR) is 134 cm³/mol. The molecule has 4 atom stereocenters. The molecule has 3 aromatic rings. The summed E-state index contributed by atoms with van der Waals surface area (Å²) in [6.07, 6.45) is 6.20. The van der Waals surface area contributed by atoms with Crippen molar-refractivity contribution in [3.05, 3.63) is 48.5 Å². The lowest BCUT2D eigenvalue weighted by Crippen LogP contribution is -2.44. The second kappa shape index (κ2) is 10.3. The minimum Gasteiger partial charge on any atom is -0.395 e. The third-order valence-electron chi connectivity index (χ3n) is 7.36. The normalized spacial score (nSPS) is 26.4. The molecule has 2 saturated heterocycles. The fraction of sp³-hybridized carbons (Fsp3) is 0.538. The highest BCUT2D eigenvalue weighted by Gasteiger charge is 2.60. The van der Waals surface area contributed by atoms with Crippen molar-refractivity contribution in [1.29, 1.82) is 0 Å². The Morgan fingerprint density at radius 3 is 2.68 bits per heavy atom. The summed E-state index contributed by atoms with van der Waals surface area (Å²) >= 11 is 0. The standard InChI is InChI=1S/C26H32N6O5/c33-14-13-28-24(34)20-19-21(37-26(36-19)10-5-2-6-11-26)25(35-20)32-16-31-18-22(29-15-30-23(18)32)27-12-9-17-7-3-1-4-8-17/h1,3-4,7-8,15-16,19-21,25,33H,2,5-6,9-14H2,(H,28,34)(H,27,29,30)/t19-,20+,21-,25-/m1/s1. The van der Waals surface area contributed by atoms with Crippen LogP contribution in [0.15, 0.2) is 43.0 Å². The number of aliphatic hydroxyl groups is 1. The molecule has 0 bridgehead atoms. The topological polar surface area (TPSA) is 133 Å². The van der Waals surface area contributed by atoms with E-state index in [-0.39, 0.29) is 19.1 Å². The van der Waals surface area contributed by atoms with Gasteiger partial charge in [0.25, 0.3) is 5.91 Å². The molecule has 0 radical (unpaired) electrons. The monoisotopic (exact) mass is 508 g/mol. The zero-order chi connectivity index (χ0) is 25.2. The van der Waals surface area contributed by atoms with Crippen molar-refractivity contribution in [2.24, 2.45) is 0 Å². The average molecular weight is 509 g/mol. The molecule has 3 N–H and O–H groups in total. The molecule has 1 spiro atoms. The number of rotatable bonds is 8. The number of aliphatic hydroxyl groups excluding tert-OH is 1. The summed E-state index contributed by atoms with van der Waals surface area (Å²) in [6.45, 7) is 0.687. The highest BCUT2D eigenvalue weighted by atomic mass is 16.8. The van der Waals surface area contributed by atoms with Crippen LogP contribution in [0, 0.1) is 0 Å². The highest BCUT2D eigenvalue weighted by Crippen LogP contribution is 2.49. The first-order chi connectivity index (χ1) is 18.2. The van der Waals surface area contributed by atoms with Crippen molar-refractivity contribution >= 4 is 22.9 Å². The van der Waals surface area contributed by atoms with Gasteiger partial charge >= 0.3 is 0 Å². The zero-order valence-electron chi connectivity index (χ0n) is 20.6. The molecule has 11 nitrogen and oxygen atoms in total. The number of aromatic nitrogens is 4. The van der Waals surface area contributed by atoms with E-state index in [2.05, 4.69) is 37.7 Å². The number of anilines is 1. The number of amides is 1. The number of ether oxygens (including phenoxy) is 3. The molecule has 6 rings (SSSR count). The molecule has 37 heavy (non-hydrogen) atoms. The SMILES string of the molecule is O=C(NCCO)[C@H]1O[C@@H](n2cnc3c(NCCc4ccccc4)ncnc32)[C@@H]2OC3(CCCCC3)O[C@@H]21. The van der Waals surface area contributed by atoms with Crippen molar-refractivity contribution < 1.29 is 24.1 Å². The Bertz CT molecular complexity index is 1230. The van der Waals surface area contributed by atoms with E-state index in [1.807, 2.05) is 22.8 Å². The van der Waals surface area contributed by atoms with Crippen LogP contribution in [0.25, 0.3) is 11.2 Å². The van der Waals surface area contributed by atoms with Gasteiger partial charge in [0.1, 0.15) is 18.5 Å². The van der Waals surface area contributed by atoms with Crippen LogP contribution in [0.4, 0.5) is 5.82 Å². The van der Waals surface area contributed by atoms with E-state index >= 15 is 0 Å². The lowest BCUT2D eigenvalue weighted by Gasteiger charge is -2.34. The number of fused-ring (bicyclic) bond motifs is 2. The molecule has 1 aromatic carbocycles. The molecule has 1 saturated carbocycles. The third-order valence-corrected chi connectivity index (χ3v) is 7.36. The third kappa shape index (κ3) is 4.68. The first-order valence-electron chi connectivity index (χ1n) is 13.0. The lowest BCUT2D eigenvalue weighted by atomic mass is 9.94. The molecule has 196 valence electrons. The number of imidazole rings is 1. The summed E-state index contributed by atoms with van der Waals surface area (Å²) in [4.78, 5) is 26.4.